The second-order valence-electron chi connectivity index (χ2n) is 5.73. The summed E-state index contributed by atoms with van der Waals surface area (Å²) in [4.78, 5) is 0. The molecule has 0 bridgehead atoms. The lowest BCUT2D eigenvalue weighted by atomic mass is 9.88. The number of allylic oxidation sites excluding steroid dienone is 2. The van der Waals surface area contributed by atoms with Gasteiger partial charge in [0.15, 0.2) is 0 Å². The lowest BCUT2D eigenvalue weighted by Crippen LogP contribution is -2.21. The van der Waals surface area contributed by atoms with Gasteiger partial charge in [-0.2, -0.15) is 0 Å². The van der Waals surface area contributed by atoms with Crippen molar-refractivity contribution < 1.29 is 4.74 Å². The van der Waals surface area contributed by atoms with E-state index in [1.54, 1.807) is 0 Å². The van der Waals surface area contributed by atoms with Gasteiger partial charge in [-0.25, -0.2) is 0 Å². The molecule has 0 saturated carbocycles. The minimum atomic E-state index is 0.297. The molecule has 0 aromatic heterocycles. The fourth-order valence-electron chi connectivity index (χ4n) is 1.31. The van der Waals surface area contributed by atoms with Crippen LogP contribution >= 0.6 is 0 Å². The van der Waals surface area contributed by atoms with Crippen LogP contribution in [0.15, 0.2) is 12.2 Å². The summed E-state index contributed by atoms with van der Waals surface area (Å²) in [5, 5.41) is 0. The zero-order valence-electron chi connectivity index (χ0n) is 11.3. The first kappa shape index (κ1) is 14.7. The van der Waals surface area contributed by atoms with Crippen molar-refractivity contribution in [2.75, 3.05) is 6.61 Å². The van der Waals surface area contributed by atoms with Gasteiger partial charge in [0, 0.05) is 0 Å². The molecule has 0 aliphatic rings. The predicted molar refractivity (Wildman–Crippen MR) is 68.1 cm³/mol. The van der Waals surface area contributed by atoms with E-state index in [0.717, 1.165) is 13.0 Å². The summed E-state index contributed by atoms with van der Waals surface area (Å²) >= 11 is 0. The quantitative estimate of drug-likeness (QED) is 0.567. The molecule has 1 heteroatoms. The van der Waals surface area contributed by atoms with Gasteiger partial charge in [0.1, 0.15) is 0 Å². The van der Waals surface area contributed by atoms with Crippen molar-refractivity contribution >= 4 is 0 Å². The second-order valence-corrected chi connectivity index (χ2v) is 5.73. The van der Waals surface area contributed by atoms with Crippen LogP contribution in [0, 0.1) is 11.3 Å². The monoisotopic (exact) mass is 212 g/mol. The van der Waals surface area contributed by atoms with Crippen molar-refractivity contribution in [1.29, 1.82) is 0 Å². The van der Waals surface area contributed by atoms with Gasteiger partial charge in [0.2, 0.25) is 0 Å². The van der Waals surface area contributed by atoms with E-state index in [9.17, 15) is 0 Å². The van der Waals surface area contributed by atoms with Crippen molar-refractivity contribution in [3.63, 3.8) is 0 Å². The van der Waals surface area contributed by atoms with Crippen LogP contribution in [0.1, 0.15) is 54.4 Å². The van der Waals surface area contributed by atoms with Gasteiger partial charge < -0.3 is 4.74 Å². The average Bonchev–Trinajstić information content (AvgIpc) is 2.09. The number of hydrogen-bond acceptors (Lipinski definition) is 1. The Balaban J connectivity index is 3.73. The van der Waals surface area contributed by atoms with Crippen LogP contribution in [-0.4, -0.2) is 12.7 Å². The van der Waals surface area contributed by atoms with Gasteiger partial charge >= 0.3 is 0 Å². The Bertz CT molecular complexity index is 178. The molecule has 0 N–H and O–H groups in total. The molecule has 15 heavy (non-hydrogen) atoms. The third-order valence-electron chi connectivity index (χ3n) is 2.32. The first-order chi connectivity index (χ1) is 6.83. The molecule has 0 atom stereocenters. The standard InChI is InChI=1S/C14H28O/c1-12(2)9-7-8-10-14(5,6)11-15-13(3)4/h7,9,12-13H,8,10-11H2,1-6H3. The highest BCUT2D eigenvalue weighted by Gasteiger charge is 2.17. The van der Waals surface area contributed by atoms with E-state index in [0.29, 0.717) is 17.4 Å². The smallest absolute Gasteiger partial charge is 0.0520 e. The van der Waals surface area contributed by atoms with Crippen LogP contribution < -0.4 is 0 Å². The van der Waals surface area contributed by atoms with Gasteiger partial charge in [-0.15, -0.1) is 0 Å². The Hall–Kier alpha value is -0.300. The zero-order chi connectivity index (χ0) is 11.9. The first-order valence-corrected chi connectivity index (χ1v) is 6.12. The van der Waals surface area contributed by atoms with Gasteiger partial charge in [-0.3, -0.25) is 0 Å². The van der Waals surface area contributed by atoms with Crippen LogP contribution in [0.25, 0.3) is 0 Å². The molecule has 1 nitrogen and oxygen atoms in total. The summed E-state index contributed by atoms with van der Waals surface area (Å²) in [6, 6.07) is 0. The number of rotatable bonds is 7. The van der Waals surface area contributed by atoms with Crippen LogP contribution in [0.4, 0.5) is 0 Å². The second kappa shape index (κ2) is 7.05. The Morgan fingerprint density at radius 2 is 1.73 bits per heavy atom. The van der Waals surface area contributed by atoms with Gasteiger partial charge in [0.25, 0.3) is 0 Å². The molecule has 0 fully saturated rings. The Morgan fingerprint density at radius 1 is 1.13 bits per heavy atom. The fourth-order valence-corrected chi connectivity index (χ4v) is 1.31. The fraction of sp³-hybridized carbons (Fsp3) is 0.857. The lowest BCUT2D eigenvalue weighted by Gasteiger charge is -2.25. The summed E-state index contributed by atoms with van der Waals surface area (Å²) < 4.78 is 5.66. The summed E-state index contributed by atoms with van der Waals surface area (Å²) in [6.07, 6.45) is 7.27. The SMILES string of the molecule is CC(C)C=CCCC(C)(C)COC(C)C. The van der Waals surface area contributed by atoms with Crippen LogP contribution in [0.5, 0.6) is 0 Å². The number of ether oxygens (including phenoxy) is 1. The van der Waals surface area contributed by atoms with Crippen molar-refractivity contribution in [2.24, 2.45) is 11.3 Å². The molecule has 0 heterocycles. The van der Waals surface area contributed by atoms with Crippen LogP contribution in [-0.2, 0) is 4.74 Å². The predicted octanol–water partition coefficient (Wildman–Crippen LogP) is 4.43. The molecular formula is C14H28O. The van der Waals surface area contributed by atoms with E-state index in [-0.39, 0.29) is 0 Å². The molecule has 0 aromatic rings. The van der Waals surface area contributed by atoms with E-state index in [4.69, 9.17) is 4.74 Å². The summed E-state index contributed by atoms with van der Waals surface area (Å²) in [6.45, 7) is 14.0. The maximum absolute atomic E-state index is 5.66. The van der Waals surface area contributed by atoms with Crippen molar-refractivity contribution in [1.82, 2.24) is 0 Å². The maximum atomic E-state index is 5.66. The minimum Gasteiger partial charge on any atom is -0.378 e. The average molecular weight is 212 g/mol. The largest absolute Gasteiger partial charge is 0.378 e. The highest BCUT2D eigenvalue weighted by atomic mass is 16.5. The Kier molecular flexibility index (Phi) is 6.91. The normalized spacial score (nSPS) is 13.3. The highest BCUT2D eigenvalue weighted by Crippen LogP contribution is 2.23. The molecule has 0 radical (unpaired) electrons. The molecular weight excluding hydrogens is 184 g/mol. The van der Waals surface area contributed by atoms with E-state index in [2.05, 4.69) is 53.7 Å². The first-order valence-electron chi connectivity index (χ1n) is 6.12. The molecule has 0 aliphatic heterocycles. The molecule has 0 saturated heterocycles. The van der Waals surface area contributed by atoms with Crippen LogP contribution in [0.3, 0.4) is 0 Å². The molecule has 0 aromatic carbocycles. The van der Waals surface area contributed by atoms with Gasteiger partial charge in [0.05, 0.1) is 12.7 Å². The summed E-state index contributed by atoms with van der Waals surface area (Å²) in [5.41, 5.74) is 0.297. The van der Waals surface area contributed by atoms with Crippen molar-refractivity contribution in [2.45, 2.75) is 60.5 Å². The van der Waals surface area contributed by atoms with E-state index in [1.165, 1.54) is 6.42 Å². The molecule has 90 valence electrons. The summed E-state index contributed by atoms with van der Waals surface area (Å²) in [5.74, 6) is 0.667. The zero-order valence-corrected chi connectivity index (χ0v) is 11.3. The van der Waals surface area contributed by atoms with E-state index in [1.807, 2.05) is 0 Å². The van der Waals surface area contributed by atoms with Gasteiger partial charge in [-0.1, -0.05) is 39.8 Å². The van der Waals surface area contributed by atoms with E-state index < -0.39 is 0 Å². The van der Waals surface area contributed by atoms with E-state index >= 15 is 0 Å². The number of hydrogen-bond donors (Lipinski definition) is 0. The Labute approximate surface area is 95.9 Å². The molecule has 0 unspecified atom stereocenters. The van der Waals surface area contributed by atoms with Crippen molar-refractivity contribution in [3.05, 3.63) is 12.2 Å². The topological polar surface area (TPSA) is 9.23 Å². The molecule has 0 rings (SSSR count). The molecule has 0 amide bonds. The lowest BCUT2D eigenvalue weighted by molar-refractivity contribution is 0.0186. The molecule has 0 spiro atoms. The third-order valence-corrected chi connectivity index (χ3v) is 2.32. The van der Waals surface area contributed by atoms with Gasteiger partial charge in [-0.05, 0) is 38.0 Å². The Morgan fingerprint density at radius 3 is 2.20 bits per heavy atom. The minimum absolute atomic E-state index is 0.297. The maximum Gasteiger partial charge on any atom is 0.0520 e. The van der Waals surface area contributed by atoms with Crippen LogP contribution in [0.2, 0.25) is 0 Å². The third kappa shape index (κ3) is 9.99. The highest BCUT2D eigenvalue weighted by molar-refractivity contribution is 4.86. The summed E-state index contributed by atoms with van der Waals surface area (Å²) in [7, 11) is 0. The van der Waals surface area contributed by atoms with Crippen molar-refractivity contribution in [3.8, 4) is 0 Å². The molecule has 0 aliphatic carbocycles.